The zero-order valence-electron chi connectivity index (χ0n) is 10.4. The van der Waals surface area contributed by atoms with Crippen LogP contribution in [0.2, 0.25) is 0 Å². The van der Waals surface area contributed by atoms with Crippen LogP contribution in [0, 0.1) is 5.82 Å². The van der Waals surface area contributed by atoms with Gasteiger partial charge in [-0.05, 0) is 31.9 Å². The van der Waals surface area contributed by atoms with E-state index in [9.17, 15) is 9.18 Å². The van der Waals surface area contributed by atoms with Gasteiger partial charge >= 0.3 is 0 Å². The zero-order chi connectivity index (χ0) is 13.4. The van der Waals surface area contributed by atoms with Crippen LogP contribution in [-0.2, 0) is 4.79 Å². The van der Waals surface area contributed by atoms with Crippen LogP contribution in [-0.4, -0.2) is 30.3 Å². The first-order valence-electron chi connectivity index (χ1n) is 5.91. The Morgan fingerprint density at radius 1 is 1.50 bits per heavy atom. The number of rotatable bonds is 7. The van der Waals surface area contributed by atoms with Crippen LogP contribution < -0.4 is 10.1 Å². The standard InChI is InChI=1S/C13H18FNO3/c1-10(16)5-4-8-15-13(17)9-18-12-7-3-2-6-11(12)14/h2-3,6-7,10,16H,4-5,8-9H2,1H3,(H,15,17). The number of para-hydroxylation sites is 1. The van der Waals surface area contributed by atoms with E-state index in [2.05, 4.69) is 5.32 Å². The third kappa shape index (κ3) is 5.63. The van der Waals surface area contributed by atoms with E-state index in [1.165, 1.54) is 12.1 Å². The molecular formula is C13H18FNO3. The number of nitrogens with one attached hydrogen (secondary N) is 1. The number of aliphatic hydroxyl groups is 1. The maximum absolute atomic E-state index is 13.2. The lowest BCUT2D eigenvalue weighted by Gasteiger charge is -2.08. The van der Waals surface area contributed by atoms with E-state index in [1.54, 1.807) is 19.1 Å². The topological polar surface area (TPSA) is 58.6 Å². The first kappa shape index (κ1) is 14.4. The molecule has 1 aromatic rings. The average molecular weight is 255 g/mol. The molecule has 2 N–H and O–H groups in total. The van der Waals surface area contributed by atoms with Crippen molar-refractivity contribution in [3.63, 3.8) is 0 Å². The number of amides is 1. The lowest BCUT2D eigenvalue weighted by atomic mass is 10.2. The minimum atomic E-state index is -0.487. The summed E-state index contributed by atoms with van der Waals surface area (Å²) in [5.41, 5.74) is 0. The number of halogens is 1. The summed E-state index contributed by atoms with van der Waals surface area (Å²) in [6.07, 6.45) is 0.967. The molecule has 1 amide bonds. The molecule has 0 spiro atoms. The molecule has 1 atom stereocenters. The maximum atomic E-state index is 13.2. The molecule has 100 valence electrons. The molecule has 1 aromatic carbocycles. The van der Waals surface area contributed by atoms with Crippen molar-refractivity contribution in [1.82, 2.24) is 5.32 Å². The molecule has 0 bridgehead atoms. The third-order valence-electron chi connectivity index (χ3n) is 2.32. The first-order chi connectivity index (χ1) is 8.59. The molecular weight excluding hydrogens is 237 g/mol. The monoisotopic (exact) mass is 255 g/mol. The molecule has 0 fully saturated rings. The van der Waals surface area contributed by atoms with E-state index in [0.29, 0.717) is 19.4 Å². The summed E-state index contributed by atoms with van der Waals surface area (Å²) in [7, 11) is 0. The number of benzene rings is 1. The van der Waals surface area contributed by atoms with Gasteiger partial charge in [-0.3, -0.25) is 4.79 Å². The molecule has 0 saturated carbocycles. The molecule has 4 nitrogen and oxygen atoms in total. The van der Waals surface area contributed by atoms with Crippen molar-refractivity contribution >= 4 is 5.91 Å². The lowest BCUT2D eigenvalue weighted by Crippen LogP contribution is -2.30. The third-order valence-corrected chi connectivity index (χ3v) is 2.32. The minimum Gasteiger partial charge on any atom is -0.481 e. The van der Waals surface area contributed by atoms with Crippen LogP contribution in [0.1, 0.15) is 19.8 Å². The molecule has 0 aliphatic heterocycles. The highest BCUT2D eigenvalue weighted by Gasteiger charge is 2.05. The van der Waals surface area contributed by atoms with Gasteiger partial charge in [0.1, 0.15) is 0 Å². The summed E-state index contributed by atoms with van der Waals surface area (Å²) in [5.74, 6) is -0.722. The maximum Gasteiger partial charge on any atom is 0.257 e. The van der Waals surface area contributed by atoms with Gasteiger partial charge < -0.3 is 15.2 Å². The highest BCUT2D eigenvalue weighted by molar-refractivity contribution is 5.77. The Morgan fingerprint density at radius 3 is 2.89 bits per heavy atom. The normalized spacial score (nSPS) is 11.9. The fourth-order valence-electron chi connectivity index (χ4n) is 1.38. The van der Waals surface area contributed by atoms with Crippen LogP contribution in [0.3, 0.4) is 0 Å². The predicted octanol–water partition coefficient (Wildman–Crippen LogP) is 1.48. The highest BCUT2D eigenvalue weighted by Crippen LogP contribution is 2.14. The number of carbonyl (C=O) groups is 1. The summed E-state index contributed by atoms with van der Waals surface area (Å²) in [4.78, 5) is 11.4. The SMILES string of the molecule is CC(O)CCCNC(=O)COc1ccccc1F. The Kier molecular flexibility index (Phi) is 6.14. The van der Waals surface area contributed by atoms with Gasteiger partial charge in [-0.15, -0.1) is 0 Å². The van der Waals surface area contributed by atoms with E-state index in [1.807, 2.05) is 0 Å². The van der Waals surface area contributed by atoms with Crippen LogP contribution in [0.5, 0.6) is 5.75 Å². The largest absolute Gasteiger partial charge is 0.481 e. The summed E-state index contributed by atoms with van der Waals surface area (Å²) < 4.78 is 18.2. The molecule has 5 heteroatoms. The second kappa shape index (κ2) is 7.66. The van der Waals surface area contributed by atoms with E-state index in [0.717, 1.165) is 0 Å². The van der Waals surface area contributed by atoms with Crippen molar-refractivity contribution in [1.29, 1.82) is 0 Å². The van der Waals surface area contributed by atoms with Crippen molar-refractivity contribution in [2.24, 2.45) is 0 Å². The number of hydrogen-bond donors (Lipinski definition) is 2. The molecule has 18 heavy (non-hydrogen) atoms. The quantitative estimate of drug-likeness (QED) is 0.726. The Morgan fingerprint density at radius 2 is 2.22 bits per heavy atom. The molecule has 0 saturated heterocycles. The van der Waals surface area contributed by atoms with Gasteiger partial charge in [0.2, 0.25) is 0 Å². The molecule has 0 aromatic heterocycles. The van der Waals surface area contributed by atoms with Gasteiger partial charge in [0.05, 0.1) is 6.10 Å². The fraction of sp³-hybridized carbons (Fsp3) is 0.462. The first-order valence-corrected chi connectivity index (χ1v) is 5.91. The van der Waals surface area contributed by atoms with Crippen molar-refractivity contribution in [2.45, 2.75) is 25.9 Å². The van der Waals surface area contributed by atoms with Crippen LogP contribution in [0.15, 0.2) is 24.3 Å². The minimum absolute atomic E-state index is 0.0663. The number of hydrogen-bond acceptors (Lipinski definition) is 3. The number of aliphatic hydroxyl groups excluding tert-OH is 1. The molecule has 1 rings (SSSR count). The van der Waals surface area contributed by atoms with E-state index in [4.69, 9.17) is 9.84 Å². The van der Waals surface area contributed by atoms with Gasteiger partial charge in [-0.25, -0.2) is 4.39 Å². The van der Waals surface area contributed by atoms with Gasteiger partial charge in [-0.1, -0.05) is 12.1 Å². The summed E-state index contributed by atoms with van der Waals surface area (Å²) in [6, 6.07) is 5.93. The van der Waals surface area contributed by atoms with Gasteiger partial charge in [0, 0.05) is 6.54 Å². The molecule has 0 radical (unpaired) electrons. The Bertz CT molecular complexity index is 382. The van der Waals surface area contributed by atoms with Crippen molar-refractivity contribution in [2.75, 3.05) is 13.2 Å². The summed E-state index contributed by atoms with van der Waals surface area (Å²) in [6.45, 7) is 1.96. The van der Waals surface area contributed by atoms with Gasteiger partial charge in [0.25, 0.3) is 5.91 Å². The Balaban J connectivity index is 2.19. The molecule has 0 aliphatic carbocycles. The van der Waals surface area contributed by atoms with E-state index in [-0.39, 0.29) is 24.4 Å². The van der Waals surface area contributed by atoms with E-state index >= 15 is 0 Å². The fourth-order valence-corrected chi connectivity index (χ4v) is 1.38. The lowest BCUT2D eigenvalue weighted by molar-refractivity contribution is -0.123. The van der Waals surface area contributed by atoms with Crippen LogP contribution in [0.4, 0.5) is 4.39 Å². The average Bonchev–Trinajstić information content (AvgIpc) is 2.33. The highest BCUT2D eigenvalue weighted by atomic mass is 19.1. The summed E-state index contributed by atoms with van der Waals surface area (Å²) in [5, 5.41) is 11.7. The number of carbonyl (C=O) groups excluding carboxylic acids is 1. The Hall–Kier alpha value is -1.62. The van der Waals surface area contributed by atoms with Crippen LogP contribution in [0.25, 0.3) is 0 Å². The second-order valence-corrected chi connectivity index (χ2v) is 4.06. The second-order valence-electron chi connectivity index (χ2n) is 4.06. The molecule has 0 heterocycles. The van der Waals surface area contributed by atoms with Crippen molar-refractivity contribution < 1.29 is 19.0 Å². The van der Waals surface area contributed by atoms with Crippen molar-refractivity contribution in [3.05, 3.63) is 30.1 Å². The number of ether oxygens (including phenoxy) is 1. The smallest absolute Gasteiger partial charge is 0.257 e. The van der Waals surface area contributed by atoms with Gasteiger partial charge in [0.15, 0.2) is 18.2 Å². The Labute approximate surface area is 106 Å². The molecule has 1 unspecified atom stereocenters. The van der Waals surface area contributed by atoms with Gasteiger partial charge in [-0.2, -0.15) is 0 Å². The van der Waals surface area contributed by atoms with E-state index < -0.39 is 5.82 Å². The van der Waals surface area contributed by atoms with Crippen LogP contribution >= 0.6 is 0 Å². The predicted molar refractivity (Wildman–Crippen MR) is 65.8 cm³/mol. The molecule has 0 aliphatic rings. The summed E-state index contributed by atoms with van der Waals surface area (Å²) >= 11 is 0. The van der Waals surface area contributed by atoms with Crippen molar-refractivity contribution in [3.8, 4) is 5.75 Å². The zero-order valence-corrected chi connectivity index (χ0v) is 10.4.